The number of H-pyrrole nitrogens is 1. The van der Waals surface area contributed by atoms with Crippen molar-refractivity contribution in [3.8, 4) is 11.4 Å². The quantitative estimate of drug-likeness (QED) is 0.706. The van der Waals surface area contributed by atoms with Crippen molar-refractivity contribution in [2.75, 3.05) is 7.11 Å². The number of azo groups is 1. The van der Waals surface area contributed by atoms with Crippen LogP contribution in [0.2, 0.25) is 5.02 Å². The Morgan fingerprint density at radius 3 is 2.33 bits per heavy atom. The van der Waals surface area contributed by atoms with Crippen molar-refractivity contribution in [3.63, 3.8) is 0 Å². The highest BCUT2D eigenvalue weighted by Crippen LogP contribution is 2.21. The molecule has 0 radical (unpaired) electrons. The third-order valence-electron chi connectivity index (χ3n) is 3.46. The fraction of sp³-hybridized carbons (Fsp3) is 0.118. The zero-order valence-electron chi connectivity index (χ0n) is 13.2. The molecule has 24 heavy (non-hydrogen) atoms. The van der Waals surface area contributed by atoms with Crippen LogP contribution in [0.4, 0.5) is 11.4 Å². The van der Waals surface area contributed by atoms with E-state index in [1.165, 1.54) is 4.68 Å². The Morgan fingerprint density at radius 2 is 1.71 bits per heavy atom. The number of aromatic amines is 1. The summed E-state index contributed by atoms with van der Waals surface area (Å²) >= 11 is 5.83. The Kier molecular flexibility index (Phi) is 4.48. The predicted octanol–water partition coefficient (Wildman–Crippen LogP) is 4.55. The first-order valence-corrected chi connectivity index (χ1v) is 7.59. The molecule has 1 N–H and O–H groups in total. The highest BCUT2D eigenvalue weighted by atomic mass is 35.5. The largest absolute Gasteiger partial charge is 0.497 e. The van der Waals surface area contributed by atoms with E-state index in [1.807, 2.05) is 0 Å². The summed E-state index contributed by atoms with van der Waals surface area (Å²) in [4.78, 5) is 12.5. The number of aryl methyl sites for hydroxylation is 1. The minimum absolute atomic E-state index is 0.265. The zero-order valence-corrected chi connectivity index (χ0v) is 13.9. The van der Waals surface area contributed by atoms with Crippen molar-refractivity contribution in [1.82, 2.24) is 9.78 Å². The fourth-order valence-corrected chi connectivity index (χ4v) is 2.31. The lowest BCUT2D eigenvalue weighted by molar-refractivity contribution is 0.414. The van der Waals surface area contributed by atoms with E-state index >= 15 is 0 Å². The van der Waals surface area contributed by atoms with Gasteiger partial charge in [0.15, 0.2) is 5.69 Å². The van der Waals surface area contributed by atoms with Crippen LogP contribution in [-0.4, -0.2) is 16.9 Å². The lowest BCUT2D eigenvalue weighted by Crippen LogP contribution is -2.13. The van der Waals surface area contributed by atoms with E-state index < -0.39 is 0 Å². The van der Waals surface area contributed by atoms with Gasteiger partial charge in [-0.1, -0.05) is 11.6 Å². The van der Waals surface area contributed by atoms with Crippen LogP contribution in [-0.2, 0) is 0 Å². The molecule has 0 aliphatic carbocycles. The van der Waals surface area contributed by atoms with Crippen molar-refractivity contribution < 1.29 is 4.74 Å². The van der Waals surface area contributed by atoms with Gasteiger partial charge in [0, 0.05) is 5.02 Å². The first kappa shape index (κ1) is 16.0. The monoisotopic (exact) mass is 342 g/mol. The van der Waals surface area contributed by atoms with Gasteiger partial charge in [0.25, 0.3) is 5.56 Å². The molecule has 0 amide bonds. The van der Waals surface area contributed by atoms with Gasteiger partial charge in [-0.15, -0.1) is 5.11 Å². The van der Waals surface area contributed by atoms with Crippen LogP contribution in [0.15, 0.2) is 63.6 Å². The highest BCUT2D eigenvalue weighted by molar-refractivity contribution is 6.30. The first-order valence-electron chi connectivity index (χ1n) is 7.22. The van der Waals surface area contributed by atoms with Gasteiger partial charge in [-0.05, 0) is 55.5 Å². The topological polar surface area (TPSA) is 71.7 Å². The summed E-state index contributed by atoms with van der Waals surface area (Å²) in [7, 11) is 1.59. The van der Waals surface area contributed by atoms with Crippen LogP contribution in [0, 0.1) is 6.92 Å². The number of hydrogen-bond acceptors (Lipinski definition) is 4. The third kappa shape index (κ3) is 3.23. The molecule has 2 aromatic carbocycles. The molecule has 3 rings (SSSR count). The van der Waals surface area contributed by atoms with E-state index in [9.17, 15) is 4.79 Å². The smallest absolute Gasteiger partial charge is 0.299 e. The number of nitrogens with one attached hydrogen (secondary N) is 1. The number of rotatable bonds is 4. The number of methoxy groups -OCH3 is 1. The third-order valence-corrected chi connectivity index (χ3v) is 3.72. The Labute approximate surface area is 143 Å². The molecule has 0 fully saturated rings. The number of nitrogens with zero attached hydrogens (tertiary/aromatic N) is 3. The predicted molar refractivity (Wildman–Crippen MR) is 93.3 cm³/mol. The van der Waals surface area contributed by atoms with Gasteiger partial charge in [0.2, 0.25) is 0 Å². The van der Waals surface area contributed by atoms with E-state index in [0.29, 0.717) is 22.1 Å². The fourth-order valence-electron chi connectivity index (χ4n) is 2.18. The van der Waals surface area contributed by atoms with E-state index in [0.717, 1.165) is 5.75 Å². The second kappa shape index (κ2) is 6.72. The molecule has 0 unspecified atom stereocenters. The van der Waals surface area contributed by atoms with Crippen molar-refractivity contribution in [3.05, 3.63) is 69.6 Å². The average molecular weight is 343 g/mol. The molecule has 1 aromatic heterocycles. The minimum atomic E-state index is -0.268. The molecule has 7 heteroatoms. The molecule has 3 aromatic rings. The molecule has 6 nitrogen and oxygen atoms in total. The van der Waals surface area contributed by atoms with E-state index in [4.69, 9.17) is 16.3 Å². The normalized spacial score (nSPS) is 11.1. The van der Waals surface area contributed by atoms with Crippen molar-refractivity contribution in [2.24, 2.45) is 10.2 Å². The molecular formula is C17H15ClN4O2. The Hall–Kier alpha value is -2.86. The van der Waals surface area contributed by atoms with Gasteiger partial charge >= 0.3 is 0 Å². The SMILES string of the molecule is COc1ccc(-n2[nH]c(C)c(N=Nc3ccc(Cl)cc3)c2=O)cc1. The number of ether oxygens (including phenoxy) is 1. The summed E-state index contributed by atoms with van der Waals surface area (Å²) in [5.74, 6) is 0.720. The minimum Gasteiger partial charge on any atom is -0.497 e. The molecule has 0 bridgehead atoms. The molecule has 1 heterocycles. The van der Waals surface area contributed by atoms with Gasteiger partial charge in [-0.3, -0.25) is 9.89 Å². The Bertz CT molecular complexity index is 925. The zero-order chi connectivity index (χ0) is 17.1. The molecule has 0 aliphatic heterocycles. The molecule has 0 saturated heterocycles. The van der Waals surface area contributed by atoms with Gasteiger partial charge in [-0.2, -0.15) is 5.11 Å². The highest BCUT2D eigenvalue weighted by Gasteiger charge is 2.12. The second-order valence-corrected chi connectivity index (χ2v) is 5.54. The van der Waals surface area contributed by atoms with Gasteiger partial charge in [0.1, 0.15) is 5.75 Å². The van der Waals surface area contributed by atoms with Crippen LogP contribution in [0.1, 0.15) is 5.69 Å². The molecule has 0 aliphatic rings. The lowest BCUT2D eigenvalue weighted by atomic mass is 10.3. The van der Waals surface area contributed by atoms with Crippen molar-refractivity contribution in [1.29, 1.82) is 0 Å². The second-order valence-electron chi connectivity index (χ2n) is 5.10. The summed E-state index contributed by atoms with van der Waals surface area (Å²) in [6.45, 7) is 1.78. The van der Waals surface area contributed by atoms with Crippen molar-refractivity contribution in [2.45, 2.75) is 6.92 Å². The number of hydrogen-bond donors (Lipinski definition) is 1. The lowest BCUT2D eigenvalue weighted by Gasteiger charge is -2.03. The maximum Gasteiger partial charge on any atom is 0.299 e. The molecular weight excluding hydrogens is 328 g/mol. The van der Waals surface area contributed by atoms with Crippen LogP contribution in [0.3, 0.4) is 0 Å². The Balaban J connectivity index is 1.94. The van der Waals surface area contributed by atoms with Crippen LogP contribution >= 0.6 is 11.6 Å². The molecule has 0 spiro atoms. The summed E-state index contributed by atoms with van der Waals surface area (Å²) in [5.41, 5.74) is 1.94. The average Bonchev–Trinajstić information content (AvgIpc) is 2.89. The summed E-state index contributed by atoms with van der Waals surface area (Å²) < 4.78 is 6.54. The number of halogens is 1. The van der Waals surface area contributed by atoms with Crippen LogP contribution < -0.4 is 10.3 Å². The maximum absolute atomic E-state index is 12.5. The van der Waals surface area contributed by atoms with Gasteiger partial charge in [0.05, 0.1) is 24.2 Å². The number of aromatic nitrogens is 2. The van der Waals surface area contributed by atoms with Gasteiger partial charge in [-0.25, -0.2) is 4.68 Å². The van der Waals surface area contributed by atoms with Crippen LogP contribution in [0.5, 0.6) is 5.75 Å². The standard InChI is InChI=1S/C17H15ClN4O2/c1-11-16(20-19-13-5-3-12(18)4-6-13)17(23)22(21-11)14-7-9-15(24-2)10-8-14/h3-10,21H,1-2H3. The van der Waals surface area contributed by atoms with Crippen LogP contribution in [0.25, 0.3) is 5.69 Å². The number of benzene rings is 2. The molecule has 122 valence electrons. The summed E-state index contributed by atoms with van der Waals surface area (Å²) in [6, 6.07) is 14.0. The van der Waals surface area contributed by atoms with E-state index in [-0.39, 0.29) is 11.2 Å². The van der Waals surface area contributed by atoms with Crippen molar-refractivity contribution >= 4 is 23.0 Å². The summed E-state index contributed by atoms with van der Waals surface area (Å²) in [6.07, 6.45) is 0. The first-order chi connectivity index (χ1) is 11.6. The molecule has 0 atom stereocenters. The Morgan fingerprint density at radius 1 is 1.04 bits per heavy atom. The molecule has 0 saturated carbocycles. The van der Waals surface area contributed by atoms with Gasteiger partial charge < -0.3 is 4.74 Å². The van der Waals surface area contributed by atoms with E-state index in [1.54, 1.807) is 62.6 Å². The maximum atomic E-state index is 12.5. The van der Waals surface area contributed by atoms with E-state index in [2.05, 4.69) is 15.3 Å². The summed E-state index contributed by atoms with van der Waals surface area (Å²) in [5, 5.41) is 11.8.